The highest BCUT2D eigenvalue weighted by atomic mass is 15.2. The van der Waals surface area contributed by atoms with Gasteiger partial charge in [0.15, 0.2) is 17.5 Å². The van der Waals surface area contributed by atoms with Gasteiger partial charge in [0.1, 0.15) is 0 Å². The standard InChI is InChI=1S/C99H82BN5/c1-97(2,3)82-55-78(71-43-29-16-30-44-71)56-85(62-82)104-89-47-45-72(65-31-17-10-18-32-65)57-87(89)100-88-58-73(66-33-19-11-20-34-66)46-48-90(88)105(86-63-83(98(4,5)6)61-84(64-86)99(7,8)9)92-60-81(59-91(104)93(92)100)96-102-94(79-51-74(67-35-21-12-22-36-67)49-75(52-79)68-37-23-13-24-38-68)101-95(103-96)80-53-76(69-39-25-14-26-40-69)50-77(54-80)70-41-27-15-28-42-70/h10-64H,1-9H3. The van der Waals surface area contributed by atoms with E-state index in [1.807, 2.05) is 0 Å². The molecule has 6 heteroatoms. The molecular formula is C99H82BN5. The minimum Gasteiger partial charge on any atom is -0.311 e. The van der Waals surface area contributed by atoms with Gasteiger partial charge in [-0.2, -0.15) is 0 Å². The van der Waals surface area contributed by atoms with E-state index in [9.17, 15) is 0 Å². The highest BCUT2D eigenvalue weighted by Crippen LogP contribution is 2.50. The second kappa shape index (κ2) is 26.5. The van der Waals surface area contributed by atoms with Crippen LogP contribution in [0.25, 0.3) is 112 Å². The molecule has 0 atom stereocenters. The first-order valence-electron chi connectivity index (χ1n) is 36.7. The minimum absolute atomic E-state index is 0.193. The Kier molecular flexibility index (Phi) is 16.7. The summed E-state index contributed by atoms with van der Waals surface area (Å²) in [5.74, 6) is 1.67. The van der Waals surface area contributed by atoms with Crippen molar-refractivity contribution in [3.8, 4) is 112 Å². The van der Waals surface area contributed by atoms with Gasteiger partial charge in [0.2, 0.25) is 0 Å². The maximum atomic E-state index is 5.90. The van der Waals surface area contributed by atoms with Gasteiger partial charge in [-0.05, 0) is 212 Å². The van der Waals surface area contributed by atoms with Gasteiger partial charge in [0.25, 0.3) is 6.71 Å². The molecule has 0 amide bonds. The van der Waals surface area contributed by atoms with Crippen molar-refractivity contribution in [1.29, 1.82) is 0 Å². The first-order valence-corrected chi connectivity index (χ1v) is 36.7. The molecule has 2 aliphatic heterocycles. The van der Waals surface area contributed by atoms with E-state index in [0.717, 1.165) is 129 Å². The van der Waals surface area contributed by atoms with Crippen LogP contribution in [0.15, 0.2) is 334 Å². The predicted molar refractivity (Wildman–Crippen MR) is 444 cm³/mol. The zero-order chi connectivity index (χ0) is 71.7. The maximum Gasteiger partial charge on any atom is 0.252 e. The number of aromatic nitrogens is 3. The molecule has 0 fully saturated rings. The Morgan fingerprint density at radius 3 is 0.771 bits per heavy atom. The summed E-state index contributed by atoms with van der Waals surface area (Å²) in [6.45, 7) is 20.8. The molecule has 15 aromatic rings. The largest absolute Gasteiger partial charge is 0.311 e. The topological polar surface area (TPSA) is 45.2 Å². The molecule has 17 rings (SSSR count). The van der Waals surface area contributed by atoms with Crippen LogP contribution in [-0.2, 0) is 16.2 Å². The zero-order valence-corrected chi connectivity index (χ0v) is 61.1. The lowest BCUT2D eigenvalue weighted by Crippen LogP contribution is -2.61. The zero-order valence-electron chi connectivity index (χ0n) is 61.1. The molecule has 0 aliphatic carbocycles. The van der Waals surface area contributed by atoms with Crippen LogP contribution in [0.2, 0.25) is 0 Å². The fraction of sp³-hybridized carbons (Fsp3) is 0.121. The molecule has 1 aromatic heterocycles. The van der Waals surface area contributed by atoms with Crippen molar-refractivity contribution < 1.29 is 0 Å². The Morgan fingerprint density at radius 2 is 0.467 bits per heavy atom. The van der Waals surface area contributed by atoms with Crippen LogP contribution in [0, 0.1) is 0 Å². The molecular weight excluding hydrogens is 1270 g/mol. The number of benzene rings is 14. The quantitative estimate of drug-likeness (QED) is 0.114. The first-order chi connectivity index (χ1) is 50.9. The van der Waals surface area contributed by atoms with E-state index in [0.29, 0.717) is 17.5 Å². The molecule has 14 aromatic carbocycles. The summed E-state index contributed by atoms with van der Waals surface area (Å²) in [5, 5.41) is 0. The van der Waals surface area contributed by atoms with Gasteiger partial charge in [-0.1, -0.05) is 311 Å². The third kappa shape index (κ3) is 12.9. The summed E-state index contributed by atoms with van der Waals surface area (Å²) in [6, 6.07) is 123. The van der Waals surface area contributed by atoms with Crippen molar-refractivity contribution in [2.75, 3.05) is 9.80 Å². The van der Waals surface area contributed by atoms with Crippen molar-refractivity contribution in [3.05, 3.63) is 350 Å². The van der Waals surface area contributed by atoms with Crippen LogP contribution >= 0.6 is 0 Å². The lowest BCUT2D eigenvalue weighted by Gasteiger charge is -2.45. The number of fused-ring (bicyclic) bond motifs is 4. The Balaban J connectivity index is 1.02. The average Bonchev–Trinajstić information content (AvgIpc) is 0.687. The van der Waals surface area contributed by atoms with E-state index < -0.39 is 0 Å². The Morgan fingerprint density at radius 1 is 0.210 bits per heavy atom. The number of hydrogen-bond donors (Lipinski definition) is 0. The molecule has 0 unspecified atom stereocenters. The third-order valence-corrected chi connectivity index (χ3v) is 21.0. The van der Waals surface area contributed by atoms with Crippen molar-refractivity contribution >= 4 is 57.2 Å². The summed E-state index contributed by atoms with van der Waals surface area (Å²) in [6.07, 6.45) is 0. The van der Waals surface area contributed by atoms with Crippen molar-refractivity contribution in [3.63, 3.8) is 0 Å². The first kappa shape index (κ1) is 66.0. The van der Waals surface area contributed by atoms with Gasteiger partial charge in [-0.3, -0.25) is 0 Å². The second-order valence-corrected chi connectivity index (χ2v) is 31.3. The fourth-order valence-corrected chi connectivity index (χ4v) is 15.4. The number of anilines is 6. The van der Waals surface area contributed by atoms with Gasteiger partial charge in [-0.15, -0.1) is 0 Å². The van der Waals surface area contributed by atoms with E-state index in [4.69, 9.17) is 15.0 Å². The van der Waals surface area contributed by atoms with Crippen LogP contribution < -0.4 is 26.2 Å². The molecule has 0 bridgehead atoms. The molecule has 2 aliphatic rings. The summed E-state index contributed by atoms with van der Waals surface area (Å²) >= 11 is 0. The van der Waals surface area contributed by atoms with Crippen molar-refractivity contribution in [2.45, 2.75) is 78.6 Å². The smallest absolute Gasteiger partial charge is 0.252 e. The second-order valence-electron chi connectivity index (χ2n) is 31.3. The normalized spacial score (nSPS) is 12.6. The van der Waals surface area contributed by atoms with Crippen LogP contribution in [0.5, 0.6) is 0 Å². The number of hydrogen-bond acceptors (Lipinski definition) is 5. The monoisotopic (exact) mass is 1350 g/mol. The Labute approximate surface area is 619 Å². The highest BCUT2D eigenvalue weighted by Gasteiger charge is 2.45. The third-order valence-electron chi connectivity index (χ3n) is 21.0. The molecule has 0 saturated heterocycles. The molecule has 0 spiro atoms. The summed E-state index contributed by atoms with van der Waals surface area (Å²) < 4.78 is 0. The van der Waals surface area contributed by atoms with Gasteiger partial charge >= 0.3 is 0 Å². The van der Waals surface area contributed by atoms with Crippen molar-refractivity contribution in [1.82, 2.24) is 15.0 Å². The summed E-state index contributed by atoms with van der Waals surface area (Å²) in [4.78, 5) is 22.7. The molecule has 3 heterocycles. The SMILES string of the molecule is CC(C)(C)c1cc(-c2ccccc2)cc(N2c3ccc(-c4ccccc4)cc3B3c4cc(-c5ccccc5)ccc4N(c4cc(C(C)(C)C)cc(C(C)(C)C)c4)c4cc(-c5nc(-c6cc(-c7ccccc7)cc(-c7ccccc7)c6)nc(-c6cc(-c7ccccc7)cc(-c7ccccc7)c6)n5)cc2c43)c1. The van der Waals surface area contributed by atoms with Crippen LogP contribution in [0.4, 0.5) is 34.1 Å². The molecule has 5 nitrogen and oxygen atoms in total. The average molecular weight is 1350 g/mol. The summed E-state index contributed by atoms with van der Waals surface area (Å²) in [7, 11) is 0. The fourth-order valence-electron chi connectivity index (χ4n) is 15.4. The Hall–Kier alpha value is -12.2. The van der Waals surface area contributed by atoms with E-state index in [1.165, 1.54) is 33.1 Å². The van der Waals surface area contributed by atoms with Crippen LogP contribution in [-0.4, -0.2) is 21.7 Å². The molecule has 105 heavy (non-hydrogen) atoms. The van der Waals surface area contributed by atoms with E-state index in [2.05, 4.69) is 406 Å². The van der Waals surface area contributed by atoms with E-state index in [1.54, 1.807) is 0 Å². The molecule has 506 valence electrons. The van der Waals surface area contributed by atoms with Crippen LogP contribution in [0.3, 0.4) is 0 Å². The molecule has 0 N–H and O–H groups in total. The van der Waals surface area contributed by atoms with Gasteiger partial charge in [-0.25, -0.2) is 15.0 Å². The van der Waals surface area contributed by atoms with Gasteiger partial charge in [0, 0.05) is 50.8 Å². The molecule has 0 saturated carbocycles. The lowest BCUT2D eigenvalue weighted by molar-refractivity contribution is 0.569. The number of nitrogens with zero attached hydrogens (tertiary/aromatic N) is 5. The van der Waals surface area contributed by atoms with E-state index >= 15 is 0 Å². The van der Waals surface area contributed by atoms with Crippen molar-refractivity contribution in [2.24, 2.45) is 0 Å². The van der Waals surface area contributed by atoms with E-state index in [-0.39, 0.29) is 23.0 Å². The van der Waals surface area contributed by atoms with Gasteiger partial charge < -0.3 is 9.80 Å². The Bertz CT molecular complexity index is 5470. The lowest BCUT2D eigenvalue weighted by atomic mass is 9.33. The van der Waals surface area contributed by atoms with Gasteiger partial charge in [0.05, 0.1) is 0 Å². The molecule has 0 radical (unpaired) electrons. The minimum atomic E-state index is -0.250. The summed E-state index contributed by atoms with van der Waals surface area (Å²) in [5.41, 5.74) is 31.4. The maximum absolute atomic E-state index is 5.90. The highest BCUT2D eigenvalue weighted by molar-refractivity contribution is 7.00. The predicted octanol–water partition coefficient (Wildman–Crippen LogP) is 24.5. The number of rotatable bonds is 12. The van der Waals surface area contributed by atoms with Crippen LogP contribution in [0.1, 0.15) is 79.0 Å².